The van der Waals surface area contributed by atoms with Gasteiger partial charge in [0.05, 0.1) is 7.11 Å². The number of carbonyl (C=O) groups excluding carboxylic acids is 1. The van der Waals surface area contributed by atoms with Gasteiger partial charge in [0.15, 0.2) is 0 Å². The van der Waals surface area contributed by atoms with E-state index in [0.717, 1.165) is 11.3 Å². The highest BCUT2D eigenvalue weighted by Crippen LogP contribution is 2.34. The molecule has 4 nitrogen and oxygen atoms in total. The Hall–Kier alpha value is -2.49. The van der Waals surface area contributed by atoms with Crippen LogP contribution in [0.4, 0.5) is 0 Å². The number of para-hydroxylation sites is 1. The maximum Gasteiger partial charge on any atom is 0.305 e. The van der Waals surface area contributed by atoms with Crippen LogP contribution in [0.3, 0.4) is 0 Å². The van der Waals surface area contributed by atoms with Gasteiger partial charge in [0, 0.05) is 17.5 Å². The summed E-state index contributed by atoms with van der Waals surface area (Å²) < 4.78 is 10.3. The van der Waals surface area contributed by atoms with E-state index in [9.17, 15) is 9.90 Å². The predicted octanol–water partition coefficient (Wildman–Crippen LogP) is 3.52. The predicted molar refractivity (Wildman–Crippen MR) is 80.2 cm³/mol. The minimum absolute atomic E-state index is 0.0658. The third kappa shape index (κ3) is 3.54. The third-order valence-corrected chi connectivity index (χ3v) is 3.18. The fourth-order valence-corrected chi connectivity index (χ4v) is 1.99. The summed E-state index contributed by atoms with van der Waals surface area (Å²) in [6.45, 7) is 1.80. The number of rotatable bonds is 5. The molecule has 2 aromatic rings. The van der Waals surface area contributed by atoms with E-state index in [2.05, 4.69) is 0 Å². The first kappa shape index (κ1) is 14.9. The zero-order valence-electron chi connectivity index (χ0n) is 12.1. The molecule has 0 saturated carbocycles. The first-order valence-electron chi connectivity index (χ1n) is 6.76. The summed E-state index contributed by atoms with van der Waals surface area (Å²) in [7, 11) is 1.60. The Labute approximate surface area is 123 Å². The second-order valence-electron chi connectivity index (χ2n) is 4.56. The van der Waals surface area contributed by atoms with Crippen LogP contribution in [-0.2, 0) is 16.1 Å². The second kappa shape index (κ2) is 6.79. The molecule has 2 rings (SSSR count). The van der Waals surface area contributed by atoms with E-state index in [-0.39, 0.29) is 18.3 Å². The molecular formula is C17H18O4. The monoisotopic (exact) mass is 286 g/mol. The summed E-state index contributed by atoms with van der Waals surface area (Å²) in [5.74, 6) is 0.547. The lowest BCUT2D eigenvalue weighted by Gasteiger charge is -2.11. The summed E-state index contributed by atoms with van der Waals surface area (Å²) in [4.78, 5) is 11.2. The van der Waals surface area contributed by atoms with Crippen LogP contribution >= 0.6 is 0 Å². The van der Waals surface area contributed by atoms with Crippen molar-refractivity contribution in [3.63, 3.8) is 0 Å². The fourth-order valence-electron chi connectivity index (χ4n) is 1.99. The topological polar surface area (TPSA) is 55.8 Å². The number of esters is 1. The van der Waals surface area contributed by atoms with Crippen molar-refractivity contribution in [1.82, 2.24) is 0 Å². The number of hydrogen-bond donors (Lipinski definition) is 1. The van der Waals surface area contributed by atoms with Crippen LogP contribution in [0, 0.1) is 0 Å². The van der Waals surface area contributed by atoms with E-state index in [1.54, 1.807) is 20.1 Å². The van der Waals surface area contributed by atoms with E-state index in [4.69, 9.17) is 9.47 Å². The number of phenolic OH excluding ortho intramolecular Hbond substituents is 1. The molecule has 0 aliphatic rings. The number of hydrogen-bond acceptors (Lipinski definition) is 4. The summed E-state index contributed by atoms with van der Waals surface area (Å²) in [6.07, 6.45) is 0.316. The number of ether oxygens (including phenoxy) is 2. The van der Waals surface area contributed by atoms with Gasteiger partial charge < -0.3 is 14.6 Å². The molecule has 0 heterocycles. The van der Waals surface area contributed by atoms with Crippen molar-refractivity contribution in [2.24, 2.45) is 0 Å². The van der Waals surface area contributed by atoms with E-state index in [0.29, 0.717) is 17.5 Å². The molecule has 0 fully saturated rings. The summed E-state index contributed by atoms with van der Waals surface area (Å²) in [5.41, 5.74) is 2.10. The van der Waals surface area contributed by atoms with Crippen molar-refractivity contribution < 1.29 is 19.4 Å². The van der Waals surface area contributed by atoms with E-state index in [1.165, 1.54) is 0 Å². The minimum atomic E-state index is -0.291. The molecule has 21 heavy (non-hydrogen) atoms. The smallest absolute Gasteiger partial charge is 0.305 e. The molecule has 0 spiro atoms. The largest absolute Gasteiger partial charge is 0.507 e. The zero-order valence-corrected chi connectivity index (χ0v) is 12.1. The molecule has 0 amide bonds. The number of phenols is 1. The SMILES string of the molecule is CCC(=O)OCc1cccc(-c2cccc(OC)c2)c1O. The lowest BCUT2D eigenvalue weighted by Crippen LogP contribution is -2.02. The molecule has 0 aliphatic carbocycles. The number of aromatic hydroxyl groups is 1. The molecule has 1 N–H and O–H groups in total. The Balaban J connectivity index is 2.30. The Morgan fingerprint density at radius 3 is 2.67 bits per heavy atom. The Bertz CT molecular complexity index is 634. The highest BCUT2D eigenvalue weighted by molar-refractivity contribution is 5.73. The fraction of sp³-hybridized carbons (Fsp3) is 0.235. The molecule has 0 radical (unpaired) electrons. The molecule has 0 saturated heterocycles. The van der Waals surface area contributed by atoms with Crippen molar-refractivity contribution in [2.75, 3.05) is 7.11 Å². The quantitative estimate of drug-likeness (QED) is 0.854. The summed E-state index contributed by atoms with van der Waals surface area (Å²) in [5, 5.41) is 10.4. The Morgan fingerprint density at radius 2 is 1.95 bits per heavy atom. The molecule has 110 valence electrons. The average Bonchev–Trinajstić information content (AvgIpc) is 2.53. The molecular weight excluding hydrogens is 268 g/mol. The first-order valence-corrected chi connectivity index (χ1v) is 6.76. The molecule has 4 heteroatoms. The maximum absolute atomic E-state index is 11.2. The number of benzene rings is 2. The molecule has 2 aromatic carbocycles. The van der Waals surface area contributed by atoms with Gasteiger partial charge in [-0.25, -0.2) is 0 Å². The van der Waals surface area contributed by atoms with Gasteiger partial charge in [-0.1, -0.05) is 37.3 Å². The van der Waals surface area contributed by atoms with Gasteiger partial charge in [-0.15, -0.1) is 0 Å². The van der Waals surface area contributed by atoms with Crippen LogP contribution in [0.2, 0.25) is 0 Å². The minimum Gasteiger partial charge on any atom is -0.507 e. The van der Waals surface area contributed by atoms with Crippen molar-refractivity contribution in [3.8, 4) is 22.6 Å². The van der Waals surface area contributed by atoms with Gasteiger partial charge in [-0.2, -0.15) is 0 Å². The molecule has 0 aromatic heterocycles. The van der Waals surface area contributed by atoms with E-state index < -0.39 is 0 Å². The van der Waals surface area contributed by atoms with Crippen LogP contribution in [0.1, 0.15) is 18.9 Å². The van der Waals surface area contributed by atoms with E-state index >= 15 is 0 Å². The van der Waals surface area contributed by atoms with Crippen LogP contribution < -0.4 is 4.74 Å². The van der Waals surface area contributed by atoms with Gasteiger partial charge >= 0.3 is 5.97 Å². The number of methoxy groups -OCH3 is 1. The first-order chi connectivity index (χ1) is 10.2. The summed E-state index contributed by atoms with van der Waals surface area (Å²) in [6, 6.07) is 12.8. The van der Waals surface area contributed by atoms with Gasteiger partial charge in [0.25, 0.3) is 0 Å². The van der Waals surface area contributed by atoms with Gasteiger partial charge in [-0.3, -0.25) is 4.79 Å². The highest BCUT2D eigenvalue weighted by atomic mass is 16.5. The lowest BCUT2D eigenvalue weighted by atomic mass is 10.0. The Kier molecular flexibility index (Phi) is 4.82. The van der Waals surface area contributed by atoms with Gasteiger partial charge in [0.2, 0.25) is 0 Å². The number of carbonyl (C=O) groups is 1. The maximum atomic E-state index is 11.2. The van der Waals surface area contributed by atoms with Crippen molar-refractivity contribution in [3.05, 3.63) is 48.0 Å². The van der Waals surface area contributed by atoms with Gasteiger partial charge in [-0.05, 0) is 17.7 Å². The van der Waals surface area contributed by atoms with Crippen LogP contribution in [0.15, 0.2) is 42.5 Å². The standard InChI is InChI=1S/C17H18O4/c1-3-16(18)21-11-13-7-5-9-15(17(13)19)12-6-4-8-14(10-12)20-2/h4-10,19H,3,11H2,1-2H3. The highest BCUT2D eigenvalue weighted by Gasteiger charge is 2.11. The Morgan fingerprint density at radius 1 is 1.19 bits per heavy atom. The molecule has 0 bridgehead atoms. The van der Waals surface area contributed by atoms with Crippen molar-refractivity contribution in [2.45, 2.75) is 20.0 Å². The van der Waals surface area contributed by atoms with E-state index in [1.807, 2.05) is 36.4 Å². The van der Waals surface area contributed by atoms with Crippen molar-refractivity contribution >= 4 is 5.97 Å². The van der Waals surface area contributed by atoms with Crippen molar-refractivity contribution in [1.29, 1.82) is 0 Å². The zero-order chi connectivity index (χ0) is 15.2. The average molecular weight is 286 g/mol. The molecule has 0 unspecified atom stereocenters. The normalized spacial score (nSPS) is 10.2. The van der Waals surface area contributed by atoms with Crippen LogP contribution in [0.5, 0.6) is 11.5 Å². The van der Waals surface area contributed by atoms with Gasteiger partial charge in [0.1, 0.15) is 18.1 Å². The third-order valence-electron chi connectivity index (χ3n) is 3.18. The summed E-state index contributed by atoms with van der Waals surface area (Å²) >= 11 is 0. The second-order valence-corrected chi connectivity index (χ2v) is 4.56. The lowest BCUT2D eigenvalue weighted by molar-refractivity contribution is -0.144. The van der Waals surface area contributed by atoms with Crippen LogP contribution in [0.25, 0.3) is 11.1 Å². The molecule has 0 atom stereocenters. The molecule has 0 aliphatic heterocycles. The van der Waals surface area contributed by atoms with Crippen LogP contribution in [-0.4, -0.2) is 18.2 Å².